The molecule has 0 fully saturated rings. The van der Waals surface area contributed by atoms with E-state index in [-0.39, 0.29) is 26.4 Å². The highest BCUT2D eigenvalue weighted by Gasteiger charge is 2.47. The van der Waals surface area contributed by atoms with Crippen LogP contribution in [-0.4, -0.2) is 53.1 Å². The number of hydrogen-bond acceptors (Lipinski definition) is 6. The first-order valence-electron chi connectivity index (χ1n) is 22.2. The molecule has 0 atom stereocenters. The van der Waals surface area contributed by atoms with Crippen molar-refractivity contribution in [2.75, 3.05) is 62.9 Å². The van der Waals surface area contributed by atoms with E-state index < -0.39 is 32.1 Å². The molecule has 0 heterocycles. The fourth-order valence-corrected chi connectivity index (χ4v) is 9.03. The Balaban J connectivity index is 1.24. The molecule has 9 rings (SSSR count). The van der Waals surface area contributed by atoms with Crippen molar-refractivity contribution in [3.63, 3.8) is 0 Å². The zero-order valence-electron chi connectivity index (χ0n) is 36.7. The van der Waals surface area contributed by atoms with Crippen LogP contribution in [0.5, 0.6) is 23.0 Å². The van der Waals surface area contributed by atoms with Crippen LogP contribution < -0.4 is 28.7 Å². The molecule has 0 bridgehead atoms. The summed E-state index contributed by atoms with van der Waals surface area (Å²) in [7, 11) is 0. The summed E-state index contributed by atoms with van der Waals surface area (Å²) in [5.74, 6) is 2.22. The van der Waals surface area contributed by atoms with Gasteiger partial charge in [0.1, 0.15) is 76.1 Å². The summed E-state index contributed by atoms with van der Waals surface area (Å²) in [6.07, 6.45) is 0. The molecule has 0 aromatic heterocycles. The molecule has 8 aromatic carbocycles. The van der Waals surface area contributed by atoms with Crippen LogP contribution in [0.1, 0.15) is 22.3 Å². The van der Waals surface area contributed by atoms with Gasteiger partial charge in [-0.15, -0.1) is 0 Å². The molecule has 0 unspecified atom stereocenters. The van der Waals surface area contributed by atoms with Crippen LogP contribution in [0.15, 0.2) is 194 Å². The van der Waals surface area contributed by atoms with Gasteiger partial charge in [-0.25, -0.2) is 17.6 Å². The van der Waals surface area contributed by atoms with E-state index in [1.54, 1.807) is 0 Å². The van der Waals surface area contributed by atoms with Gasteiger partial charge in [0.15, 0.2) is 0 Å². The fourth-order valence-electron chi connectivity index (χ4n) is 9.03. The second kappa shape index (κ2) is 20.6. The van der Waals surface area contributed by atoms with E-state index in [1.807, 2.05) is 109 Å². The quantitative estimate of drug-likeness (QED) is 0.0710. The third kappa shape index (κ3) is 9.12. The van der Waals surface area contributed by atoms with E-state index in [4.69, 9.17) is 18.9 Å². The highest BCUT2D eigenvalue weighted by atomic mass is 19.1. The number of rotatable bonds is 20. The molecule has 0 aliphatic heterocycles. The Hall–Kier alpha value is -7.72. The number of alkyl halides is 4. The van der Waals surface area contributed by atoms with Crippen LogP contribution in [0.25, 0.3) is 11.1 Å². The van der Waals surface area contributed by atoms with Gasteiger partial charge in [-0.05, 0) is 155 Å². The van der Waals surface area contributed by atoms with Gasteiger partial charge < -0.3 is 28.7 Å². The molecule has 8 aromatic rings. The van der Waals surface area contributed by atoms with E-state index >= 15 is 0 Å². The molecule has 0 radical (unpaired) electrons. The minimum Gasteiger partial charge on any atom is -0.491 e. The molecule has 338 valence electrons. The van der Waals surface area contributed by atoms with Gasteiger partial charge in [0.05, 0.1) is 5.41 Å². The lowest BCUT2D eigenvalue weighted by Crippen LogP contribution is -2.29. The predicted octanol–water partition coefficient (Wildman–Crippen LogP) is 14.4. The molecule has 0 saturated heterocycles. The van der Waals surface area contributed by atoms with E-state index in [0.717, 1.165) is 67.5 Å². The van der Waals surface area contributed by atoms with Crippen molar-refractivity contribution in [3.05, 3.63) is 216 Å². The summed E-state index contributed by atoms with van der Waals surface area (Å²) in [5.41, 5.74) is 10.7. The van der Waals surface area contributed by atoms with Gasteiger partial charge in [-0.3, -0.25) is 0 Å². The first kappa shape index (κ1) is 44.5. The van der Waals surface area contributed by atoms with Crippen LogP contribution >= 0.6 is 0 Å². The Morgan fingerprint density at radius 3 is 0.851 bits per heavy atom. The Morgan fingerprint density at radius 1 is 0.313 bits per heavy atom. The van der Waals surface area contributed by atoms with Crippen molar-refractivity contribution in [2.45, 2.75) is 5.41 Å². The van der Waals surface area contributed by atoms with Crippen LogP contribution in [-0.2, 0) is 5.41 Å². The average molecular weight is 901 g/mol. The number of ether oxygens (including phenoxy) is 4. The van der Waals surface area contributed by atoms with Gasteiger partial charge in [-0.2, -0.15) is 0 Å². The van der Waals surface area contributed by atoms with Crippen LogP contribution in [0.2, 0.25) is 0 Å². The Bertz CT molecular complexity index is 2550. The summed E-state index contributed by atoms with van der Waals surface area (Å²) in [6, 6.07) is 64.5. The zero-order chi connectivity index (χ0) is 46.0. The van der Waals surface area contributed by atoms with Gasteiger partial charge in [0, 0.05) is 34.1 Å². The summed E-state index contributed by atoms with van der Waals surface area (Å²) in [5, 5.41) is 0. The number of benzene rings is 8. The molecule has 1 aliphatic rings. The van der Waals surface area contributed by atoms with Gasteiger partial charge in [-0.1, -0.05) is 72.8 Å². The maximum Gasteiger partial charge on any atom is 0.123 e. The normalized spacial score (nSPS) is 12.2. The van der Waals surface area contributed by atoms with E-state index in [9.17, 15) is 17.6 Å². The van der Waals surface area contributed by atoms with Crippen molar-refractivity contribution in [1.82, 2.24) is 0 Å². The van der Waals surface area contributed by atoms with Gasteiger partial charge >= 0.3 is 0 Å². The molecule has 10 heteroatoms. The topological polar surface area (TPSA) is 43.4 Å². The molecule has 0 saturated carbocycles. The molecule has 0 amide bonds. The van der Waals surface area contributed by atoms with E-state index in [1.165, 1.54) is 0 Å². The Morgan fingerprint density at radius 2 is 0.582 bits per heavy atom. The predicted molar refractivity (Wildman–Crippen MR) is 259 cm³/mol. The van der Waals surface area contributed by atoms with Crippen molar-refractivity contribution in [3.8, 4) is 34.1 Å². The second-order valence-corrected chi connectivity index (χ2v) is 15.7. The van der Waals surface area contributed by atoms with Crippen molar-refractivity contribution in [1.29, 1.82) is 0 Å². The van der Waals surface area contributed by atoms with E-state index in [2.05, 4.69) is 94.7 Å². The molecule has 1 aliphatic carbocycles. The van der Waals surface area contributed by atoms with Crippen LogP contribution in [0, 0.1) is 0 Å². The number of nitrogens with zero attached hydrogens (tertiary/aromatic N) is 2. The summed E-state index contributed by atoms with van der Waals surface area (Å²) < 4.78 is 74.8. The molecular formula is C57H48F4N2O4. The molecule has 0 spiro atoms. The number of anilines is 6. The highest BCUT2D eigenvalue weighted by molar-refractivity contribution is 5.92. The Kier molecular flexibility index (Phi) is 13.7. The van der Waals surface area contributed by atoms with Gasteiger partial charge in [0.2, 0.25) is 0 Å². The van der Waals surface area contributed by atoms with Crippen LogP contribution in [0.4, 0.5) is 51.7 Å². The summed E-state index contributed by atoms with van der Waals surface area (Å²) in [6.45, 7) is -2.54. The van der Waals surface area contributed by atoms with Crippen LogP contribution in [0.3, 0.4) is 0 Å². The van der Waals surface area contributed by atoms with Crippen molar-refractivity contribution >= 4 is 34.1 Å². The first-order valence-corrected chi connectivity index (χ1v) is 22.2. The zero-order valence-corrected chi connectivity index (χ0v) is 36.7. The fraction of sp³-hybridized carbons (Fsp3) is 0.158. The van der Waals surface area contributed by atoms with Gasteiger partial charge in [0.25, 0.3) is 0 Å². The monoisotopic (exact) mass is 900 g/mol. The largest absolute Gasteiger partial charge is 0.491 e. The Labute approximate surface area is 388 Å². The molecule has 0 N–H and O–H groups in total. The SMILES string of the molecule is FCCOc1ccc(N(c2ccc(OCCF)cc2)c2ccc3c(c2)C(c2ccccc2)(c2ccccc2)c2cc(N(c4ccc(OCCF)cc4)c4ccc(OCCF)cc4)ccc2-3)cc1. The van der Waals surface area contributed by atoms with Crippen molar-refractivity contribution < 1.29 is 36.5 Å². The highest BCUT2D eigenvalue weighted by Crippen LogP contribution is 2.58. The average Bonchev–Trinajstić information content (AvgIpc) is 3.68. The molecular weight excluding hydrogens is 853 g/mol. The summed E-state index contributed by atoms with van der Waals surface area (Å²) >= 11 is 0. The summed E-state index contributed by atoms with van der Waals surface area (Å²) in [4.78, 5) is 4.30. The minimum atomic E-state index is -0.821. The smallest absolute Gasteiger partial charge is 0.123 e. The lowest BCUT2D eigenvalue weighted by Gasteiger charge is -2.35. The number of halogens is 4. The second-order valence-electron chi connectivity index (χ2n) is 15.7. The minimum absolute atomic E-state index is 0.0407. The maximum atomic E-state index is 13.1. The number of hydrogen-bond donors (Lipinski definition) is 0. The van der Waals surface area contributed by atoms with E-state index in [0.29, 0.717) is 23.0 Å². The first-order chi connectivity index (χ1) is 33.0. The van der Waals surface area contributed by atoms with Crippen molar-refractivity contribution in [2.24, 2.45) is 0 Å². The third-order valence-corrected chi connectivity index (χ3v) is 11.8. The molecule has 67 heavy (non-hydrogen) atoms. The third-order valence-electron chi connectivity index (χ3n) is 11.8. The number of fused-ring (bicyclic) bond motifs is 3. The molecule has 6 nitrogen and oxygen atoms in total. The lowest BCUT2D eigenvalue weighted by atomic mass is 9.67. The lowest BCUT2D eigenvalue weighted by molar-refractivity contribution is 0.273. The standard InChI is InChI=1S/C57H48F4N2O4/c58-31-35-64-49-21-11-43(12-22-49)62(44-13-23-50(24-14-44)65-36-32-59)47-19-29-53-54-30-20-48(40-56(54)57(55(53)39-47,41-7-3-1-4-8-41)42-9-5-2-6-10-42)63(45-15-25-51(26-16-45)66-37-33-60)46-17-27-52(28-18-46)67-38-34-61/h1-30,39-40H,31-38H2. The maximum absolute atomic E-state index is 13.1.